The van der Waals surface area contributed by atoms with Gasteiger partial charge >= 0.3 is 5.97 Å². The number of rotatable bonds is 6. The summed E-state index contributed by atoms with van der Waals surface area (Å²) in [6.45, 7) is 1.09. The molecule has 0 spiro atoms. The molecule has 3 nitrogen and oxygen atoms in total. The molecule has 0 radical (unpaired) electrons. The molecule has 0 unspecified atom stereocenters. The molecule has 0 saturated carbocycles. The fourth-order valence-electron chi connectivity index (χ4n) is 1.19. The number of benzene rings is 1. The molecular weight excluding hydrogens is 228 g/mol. The lowest BCUT2D eigenvalue weighted by Gasteiger charge is -2.04. The van der Waals surface area contributed by atoms with Gasteiger partial charge in [-0.1, -0.05) is 23.7 Å². The molecule has 0 aromatic heterocycles. The number of carbonyl (C=O) groups is 1. The molecule has 0 bridgehead atoms. The molecule has 1 rings (SSSR count). The zero-order chi connectivity index (χ0) is 11.8. The van der Waals surface area contributed by atoms with Crippen molar-refractivity contribution in [3.8, 4) is 0 Å². The van der Waals surface area contributed by atoms with Crippen LogP contribution in [0.15, 0.2) is 24.3 Å². The zero-order valence-electron chi connectivity index (χ0n) is 9.24. The molecule has 0 saturated heterocycles. The molecular formula is C12H15ClO3. The molecule has 1 aromatic rings. The Morgan fingerprint density at radius 2 is 2.00 bits per heavy atom. The molecule has 0 N–H and O–H groups in total. The molecule has 0 aliphatic rings. The van der Waals surface area contributed by atoms with Gasteiger partial charge in [-0.05, 0) is 24.1 Å². The molecule has 0 heterocycles. The number of ether oxygens (including phenoxy) is 2. The number of halogens is 1. The summed E-state index contributed by atoms with van der Waals surface area (Å²) >= 11 is 5.75. The van der Waals surface area contributed by atoms with Gasteiger partial charge in [-0.2, -0.15) is 0 Å². The van der Waals surface area contributed by atoms with Crippen LogP contribution < -0.4 is 0 Å². The largest absolute Gasteiger partial charge is 0.469 e. The topological polar surface area (TPSA) is 35.5 Å². The Bertz CT molecular complexity index is 322. The van der Waals surface area contributed by atoms with Crippen LogP contribution in [0.4, 0.5) is 0 Å². The van der Waals surface area contributed by atoms with Crippen molar-refractivity contribution in [2.24, 2.45) is 0 Å². The Balaban J connectivity index is 2.11. The summed E-state index contributed by atoms with van der Waals surface area (Å²) in [5.74, 6) is -0.199. The van der Waals surface area contributed by atoms with Crippen LogP contribution in [0.1, 0.15) is 18.4 Å². The fourth-order valence-corrected chi connectivity index (χ4v) is 1.32. The maximum atomic E-state index is 10.8. The second-order valence-electron chi connectivity index (χ2n) is 3.36. The van der Waals surface area contributed by atoms with Crippen LogP contribution in [0.25, 0.3) is 0 Å². The van der Waals surface area contributed by atoms with Crippen molar-refractivity contribution < 1.29 is 14.3 Å². The number of esters is 1. The lowest BCUT2D eigenvalue weighted by Crippen LogP contribution is -2.03. The number of carbonyl (C=O) groups excluding carboxylic acids is 1. The summed E-state index contributed by atoms with van der Waals surface area (Å²) < 4.78 is 9.92. The second kappa shape index (κ2) is 7.25. The summed E-state index contributed by atoms with van der Waals surface area (Å²) in [4.78, 5) is 10.8. The predicted molar refractivity (Wildman–Crippen MR) is 62.4 cm³/mol. The van der Waals surface area contributed by atoms with Crippen LogP contribution >= 0.6 is 11.6 Å². The highest BCUT2D eigenvalue weighted by molar-refractivity contribution is 6.30. The van der Waals surface area contributed by atoms with E-state index in [0.29, 0.717) is 26.1 Å². The van der Waals surface area contributed by atoms with E-state index in [4.69, 9.17) is 16.3 Å². The summed E-state index contributed by atoms with van der Waals surface area (Å²) in [5.41, 5.74) is 1.07. The van der Waals surface area contributed by atoms with E-state index in [1.54, 1.807) is 0 Å². The molecule has 0 aliphatic heterocycles. The van der Waals surface area contributed by atoms with Gasteiger partial charge in [0.15, 0.2) is 0 Å². The SMILES string of the molecule is COC(=O)CCCOCc1ccc(Cl)cc1. The van der Waals surface area contributed by atoms with Crippen molar-refractivity contribution in [2.75, 3.05) is 13.7 Å². The third-order valence-electron chi connectivity index (χ3n) is 2.08. The quantitative estimate of drug-likeness (QED) is 0.568. The maximum Gasteiger partial charge on any atom is 0.305 e. The average Bonchev–Trinajstić information content (AvgIpc) is 2.31. The van der Waals surface area contributed by atoms with Gasteiger partial charge in [0.05, 0.1) is 13.7 Å². The summed E-state index contributed by atoms with van der Waals surface area (Å²) in [6.07, 6.45) is 1.08. The number of methoxy groups -OCH3 is 1. The van der Waals surface area contributed by atoms with Gasteiger partial charge in [0, 0.05) is 18.1 Å². The van der Waals surface area contributed by atoms with Crippen LogP contribution in [0.2, 0.25) is 5.02 Å². The lowest BCUT2D eigenvalue weighted by molar-refractivity contribution is -0.141. The molecule has 4 heteroatoms. The highest BCUT2D eigenvalue weighted by Gasteiger charge is 1.99. The average molecular weight is 243 g/mol. The van der Waals surface area contributed by atoms with Crippen molar-refractivity contribution in [3.05, 3.63) is 34.9 Å². The highest BCUT2D eigenvalue weighted by atomic mass is 35.5. The third-order valence-corrected chi connectivity index (χ3v) is 2.33. The van der Waals surface area contributed by atoms with Crippen molar-refractivity contribution >= 4 is 17.6 Å². The summed E-state index contributed by atoms with van der Waals surface area (Å²) in [5, 5.41) is 0.717. The maximum absolute atomic E-state index is 10.8. The van der Waals surface area contributed by atoms with Crippen LogP contribution in [-0.2, 0) is 20.9 Å². The number of hydrogen-bond donors (Lipinski definition) is 0. The van der Waals surface area contributed by atoms with E-state index in [-0.39, 0.29) is 5.97 Å². The van der Waals surface area contributed by atoms with E-state index in [2.05, 4.69) is 4.74 Å². The van der Waals surface area contributed by atoms with Gasteiger partial charge in [-0.3, -0.25) is 4.79 Å². The van der Waals surface area contributed by atoms with Gasteiger partial charge in [-0.15, -0.1) is 0 Å². The monoisotopic (exact) mass is 242 g/mol. The van der Waals surface area contributed by atoms with E-state index in [1.807, 2.05) is 24.3 Å². The van der Waals surface area contributed by atoms with Crippen LogP contribution in [0, 0.1) is 0 Å². The Kier molecular flexibility index (Phi) is 5.90. The second-order valence-corrected chi connectivity index (χ2v) is 3.80. The Hall–Kier alpha value is -1.06. The Morgan fingerprint density at radius 1 is 1.31 bits per heavy atom. The van der Waals surface area contributed by atoms with Crippen molar-refractivity contribution in [2.45, 2.75) is 19.4 Å². The minimum atomic E-state index is -0.199. The van der Waals surface area contributed by atoms with Crippen LogP contribution in [0.3, 0.4) is 0 Å². The van der Waals surface area contributed by atoms with Crippen molar-refractivity contribution in [1.82, 2.24) is 0 Å². The smallest absolute Gasteiger partial charge is 0.305 e. The molecule has 0 atom stereocenters. The minimum Gasteiger partial charge on any atom is -0.469 e. The summed E-state index contributed by atoms with van der Waals surface area (Å²) in [6, 6.07) is 7.49. The van der Waals surface area contributed by atoms with E-state index in [0.717, 1.165) is 10.6 Å². The van der Waals surface area contributed by atoms with E-state index < -0.39 is 0 Å². The number of hydrogen-bond acceptors (Lipinski definition) is 3. The normalized spacial score (nSPS) is 10.1. The van der Waals surface area contributed by atoms with Gasteiger partial charge in [-0.25, -0.2) is 0 Å². The molecule has 16 heavy (non-hydrogen) atoms. The predicted octanol–water partition coefficient (Wildman–Crippen LogP) is 2.81. The van der Waals surface area contributed by atoms with E-state index >= 15 is 0 Å². The first-order chi connectivity index (χ1) is 7.72. The van der Waals surface area contributed by atoms with E-state index in [9.17, 15) is 4.79 Å². The Morgan fingerprint density at radius 3 is 2.62 bits per heavy atom. The summed E-state index contributed by atoms with van der Waals surface area (Å²) in [7, 11) is 1.39. The Labute approximate surface area is 100 Å². The highest BCUT2D eigenvalue weighted by Crippen LogP contribution is 2.10. The van der Waals surface area contributed by atoms with Crippen molar-refractivity contribution in [3.63, 3.8) is 0 Å². The first kappa shape index (κ1) is 13.0. The zero-order valence-corrected chi connectivity index (χ0v) is 10.00. The van der Waals surface area contributed by atoms with Crippen molar-refractivity contribution in [1.29, 1.82) is 0 Å². The molecule has 88 valence electrons. The molecule has 0 amide bonds. The fraction of sp³-hybridized carbons (Fsp3) is 0.417. The molecule has 1 aromatic carbocycles. The van der Waals surface area contributed by atoms with Gasteiger partial charge in [0.25, 0.3) is 0 Å². The first-order valence-corrected chi connectivity index (χ1v) is 5.49. The van der Waals surface area contributed by atoms with E-state index in [1.165, 1.54) is 7.11 Å². The van der Waals surface area contributed by atoms with Gasteiger partial charge in [0.2, 0.25) is 0 Å². The lowest BCUT2D eigenvalue weighted by atomic mass is 10.2. The third kappa shape index (κ3) is 5.14. The first-order valence-electron chi connectivity index (χ1n) is 5.11. The minimum absolute atomic E-state index is 0.199. The molecule has 0 aliphatic carbocycles. The standard InChI is InChI=1S/C12H15ClO3/c1-15-12(14)3-2-8-16-9-10-4-6-11(13)7-5-10/h4-7H,2-3,8-9H2,1H3. The van der Waals surface area contributed by atoms with Gasteiger partial charge < -0.3 is 9.47 Å². The van der Waals surface area contributed by atoms with Crippen LogP contribution in [0.5, 0.6) is 0 Å². The van der Waals surface area contributed by atoms with Crippen LogP contribution in [-0.4, -0.2) is 19.7 Å². The van der Waals surface area contributed by atoms with Gasteiger partial charge in [0.1, 0.15) is 0 Å². The molecule has 0 fully saturated rings.